The van der Waals surface area contributed by atoms with Crippen molar-refractivity contribution in [3.05, 3.63) is 57.1 Å². The molecule has 1 fully saturated rings. The van der Waals surface area contributed by atoms with Crippen molar-refractivity contribution in [1.29, 1.82) is 0 Å². The monoisotopic (exact) mass is 419 g/mol. The number of rotatable bonds is 2. The summed E-state index contributed by atoms with van der Waals surface area (Å²) in [5.41, 5.74) is 4.07. The molecule has 2 aromatic carbocycles. The summed E-state index contributed by atoms with van der Waals surface area (Å²) < 4.78 is 1.25. The van der Waals surface area contributed by atoms with E-state index in [2.05, 4.69) is 30.9 Å². The quantitative estimate of drug-likeness (QED) is 0.573. The largest absolute Gasteiger partial charge is 0.345 e. The van der Waals surface area contributed by atoms with E-state index >= 15 is 0 Å². The van der Waals surface area contributed by atoms with Gasteiger partial charge in [-0.3, -0.25) is 4.79 Å². The maximum atomic E-state index is 12.8. The van der Waals surface area contributed by atoms with Crippen LogP contribution >= 0.6 is 34.5 Å². The Morgan fingerprint density at radius 1 is 1.00 bits per heavy atom. The van der Waals surface area contributed by atoms with Gasteiger partial charge < -0.3 is 9.80 Å². The molecule has 1 aromatic heterocycles. The number of hydrogen-bond donors (Lipinski definition) is 0. The lowest BCUT2D eigenvalue weighted by atomic mass is 10.1. The molecule has 2 heterocycles. The molecule has 7 heteroatoms. The Labute approximate surface area is 172 Å². The molecule has 0 saturated carbocycles. The zero-order chi connectivity index (χ0) is 19.1. The molecule has 0 bridgehead atoms. The molecule has 140 valence electrons. The fourth-order valence-electron chi connectivity index (χ4n) is 3.34. The van der Waals surface area contributed by atoms with Crippen LogP contribution in [-0.2, 0) is 0 Å². The highest BCUT2D eigenvalue weighted by Gasteiger charge is 2.24. The molecule has 4 rings (SSSR count). The number of aryl methyl sites for hydroxylation is 2. The van der Waals surface area contributed by atoms with Gasteiger partial charge in [-0.05, 0) is 43.2 Å². The molecule has 0 spiro atoms. The molecule has 0 aliphatic carbocycles. The van der Waals surface area contributed by atoms with Crippen LogP contribution in [0.1, 0.15) is 21.5 Å². The molecule has 0 radical (unpaired) electrons. The molecule has 0 unspecified atom stereocenters. The average Bonchev–Trinajstić information content (AvgIpc) is 3.10. The SMILES string of the molecule is Cc1ccc(C)c2sc(N3CCN(C(=O)c4cc(Cl)cc(Cl)c4)CC3)nc12. The third kappa shape index (κ3) is 3.64. The summed E-state index contributed by atoms with van der Waals surface area (Å²) in [7, 11) is 0. The second kappa shape index (κ2) is 7.30. The number of nitrogens with zero attached hydrogens (tertiary/aromatic N) is 3. The predicted molar refractivity (Wildman–Crippen MR) is 114 cm³/mol. The normalized spacial score (nSPS) is 14.8. The first-order valence-corrected chi connectivity index (χ1v) is 10.4. The van der Waals surface area contributed by atoms with Crippen molar-refractivity contribution >= 4 is 55.8 Å². The van der Waals surface area contributed by atoms with E-state index in [9.17, 15) is 4.79 Å². The Balaban J connectivity index is 1.50. The predicted octanol–water partition coefficient (Wildman–Crippen LogP) is 5.18. The maximum Gasteiger partial charge on any atom is 0.254 e. The Morgan fingerprint density at radius 3 is 2.26 bits per heavy atom. The molecule has 1 saturated heterocycles. The van der Waals surface area contributed by atoms with Gasteiger partial charge in [0.2, 0.25) is 0 Å². The third-order valence-corrected chi connectivity index (χ3v) is 6.57. The van der Waals surface area contributed by atoms with Crippen LogP contribution in [0.15, 0.2) is 30.3 Å². The first-order chi connectivity index (χ1) is 12.9. The third-order valence-electron chi connectivity index (χ3n) is 4.88. The molecule has 1 amide bonds. The summed E-state index contributed by atoms with van der Waals surface area (Å²) in [6.07, 6.45) is 0. The van der Waals surface area contributed by atoms with E-state index in [4.69, 9.17) is 28.2 Å². The lowest BCUT2D eigenvalue weighted by molar-refractivity contribution is 0.0747. The van der Waals surface area contributed by atoms with Crippen molar-refractivity contribution in [3.8, 4) is 0 Å². The van der Waals surface area contributed by atoms with Crippen LogP contribution in [-0.4, -0.2) is 42.0 Å². The van der Waals surface area contributed by atoms with Gasteiger partial charge in [0.05, 0.1) is 10.2 Å². The number of anilines is 1. The lowest BCUT2D eigenvalue weighted by Gasteiger charge is -2.34. The van der Waals surface area contributed by atoms with E-state index < -0.39 is 0 Å². The number of carbonyl (C=O) groups is 1. The lowest BCUT2D eigenvalue weighted by Crippen LogP contribution is -2.48. The van der Waals surface area contributed by atoms with E-state index in [-0.39, 0.29) is 5.91 Å². The number of hydrogen-bond acceptors (Lipinski definition) is 4. The smallest absolute Gasteiger partial charge is 0.254 e. The van der Waals surface area contributed by atoms with Crippen molar-refractivity contribution in [2.45, 2.75) is 13.8 Å². The van der Waals surface area contributed by atoms with E-state index in [0.29, 0.717) is 28.7 Å². The molecule has 3 aromatic rings. The van der Waals surface area contributed by atoms with Gasteiger partial charge in [-0.25, -0.2) is 4.98 Å². The van der Waals surface area contributed by atoms with Crippen LogP contribution in [0.3, 0.4) is 0 Å². The minimum atomic E-state index is -0.0324. The van der Waals surface area contributed by atoms with Gasteiger partial charge in [-0.2, -0.15) is 0 Å². The van der Waals surface area contributed by atoms with Crippen LogP contribution in [0.2, 0.25) is 10.0 Å². The molecule has 0 N–H and O–H groups in total. The number of benzene rings is 2. The zero-order valence-electron chi connectivity index (χ0n) is 15.1. The Morgan fingerprint density at radius 2 is 1.63 bits per heavy atom. The number of halogens is 2. The van der Waals surface area contributed by atoms with Gasteiger partial charge in [0, 0.05) is 41.8 Å². The Kier molecular flexibility index (Phi) is 5.01. The number of piperazine rings is 1. The number of carbonyl (C=O) groups excluding carboxylic acids is 1. The highest BCUT2D eigenvalue weighted by Crippen LogP contribution is 2.33. The van der Waals surface area contributed by atoms with E-state index in [0.717, 1.165) is 23.7 Å². The standard InChI is InChI=1S/C20H19Cl2N3OS/c1-12-3-4-13(2)18-17(12)23-20(27-18)25-7-5-24(6-8-25)19(26)14-9-15(21)11-16(22)10-14/h3-4,9-11H,5-8H2,1-2H3. The van der Waals surface area contributed by atoms with Crippen LogP contribution < -0.4 is 4.90 Å². The van der Waals surface area contributed by atoms with Gasteiger partial charge in [-0.15, -0.1) is 0 Å². The van der Waals surface area contributed by atoms with Crippen molar-refractivity contribution in [3.63, 3.8) is 0 Å². The fourth-order valence-corrected chi connectivity index (χ4v) is 5.03. The molecular weight excluding hydrogens is 401 g/mol. The van der Waals surface area contributed by atoms with Gasteiger partial charge in [0.1, 0.15) is 0 Å². The second-order valence-corrected chi connectivity index (χ2v) is 8.66. The Hall–Kier alpha value is -1.82. The Bertz CT molecular complexity index is 966. The number of fused-ring (bicyclic) bond motifs is 1. The molecule has 1 aliphatic heterocycles. The van der Waals surface area contributed by atoms with Gasteiger partial charge in [-0.1, -0.05) is 46.7 Å². The van der Waals surface area contributed by atoms with Crippen LogP contribution in [0.5, 0.6) is 0 Å². The van der Waals surface area contributed by atoms with Crippen LogP contribution in [0, 0.1) is 13.8 Å². The van der Waals surface area contributed by atoms with Gasteiger partial charge >= 0.3 is 0 Å². The van der Waals surface area contributed by atoms with Crippen molar-refractivity contribution in [1.82, 2.24) is 9.88 Å². The van der Waals surface area contributed by atoms with Crippen molar-refractivity contribution in [2.24, 2.45) is 0 Å². The zero-order valence-corrected chi connectivity index (χ0v) is 17.5. The van der Waals surface area contributed by atoms with Crippen LogP contribution in [0.25, 0.3) is 10.2 Å². The summed E-state index contributed by atoms with van der Waals surface area (Å²) in [4.78, 5) is 21.7. The summed E-state index contributed by atoms with van der Waals surface area (Å²) in [5, 5.41) is 1.98. The maximum absolute atomic E-state index is 12.8. The van der Waals surface area contributed by atoms with Crippen molar-refractivity contribution in [2.75, 3.05) is 31.1 Å². The minimum absolute atomic E-state index is 0.0324. The van der Waals surface area contributed by atoms with Crippen LogP contribution in [0.4, 0.5) is 5.13 Å². The average molecular weight is 420 g/mol. The van der Waals surface area contributed by atoms with E-state index in [1.54, 1.807) is 29.5 Å². The molecule has 1 aliphatic rings. The van der Waals surface area contributed by atoms with E-state index in [1.165, 1.54) is 15.8 Å². The minimum Gasteiger partial charge on any atom is -0.345 e. The summed E-state index contributed by atoms with van der Waals surface area (Å²) >= 11 is 13.8. The summed E-state index contributed by atoms with van der Waals surface area (Å²) in [6.45, 7) is 7.04. The molecule has 0 atom stereocenters. The molecule has 27 heavy (non-hydrogen) atoms. The van der Waals surface area contributed by atoms with Crippen molar-refractivity contribution < 1.29 is 4.79 Å². The topological polar surface area (TPSA) is 36.4 Å². The highest BCUT2D eigenvalue weighted by atomic mass is 35.5. The first-order valence-electron chi connectivity index (χ1n) is 8.79. The summed E-state index contributed by atoms with van der Waals surface area (Å²) in [6, 6.07) is 9.23. The fraction of sp³-hybridized carbons (Fsp3) is 0.300. The van der Waals surface area contributed by atoms with Gasteiger partial charge in [0.25, 0.3) is 5.91 Å². The number of thiazole rings is 1. The highest BCUT2D eigenvalue weighted by molar-refractivity contribution is 7.22. The number of amides is 1. The first kappa shape index (κ1) is 18.5. The molecule has 4 nitrogen and oxygen atoms in total. The second-order valence-electron chi connectivity index (χ2n) is 6.81. The van der Waals surface area contributed by atoms with E-state index in [1.807, 2.05) is 4.90 Å². The number of aromatic nitrogens is 1. The summed E-state index contributed by atoms with van der Waals surface area (Å²) in [5.74, 6) is -0.0324. The van der Waals surface area contributed by atoms with Gasteiger partial charge in [0.15, 0.2) is 5.13 Å². The molecular formula is C20H19Cl2N3OS.